The van der Waals surface area contributed by atoms with Gasteiger partial charge in [0.15, 0.2) is 0 Å². The molecule has 114 valence electrons. The first-order valence-electron chi connectivity index (χ1n) is 7.36. The molecule has 0 radical (unpaired) electrons. The van der Waals surface area contributed by atoms with Crippen LogP contribution < -0.4 is 4.90 Å². The third kappa shape index (κ3) is 3.54. The smallest absolute Gasteiger partial charge is 0.409 e. The number of piperidine rings is 1. The zero-order chi connectivity index (χ0) is 15.2. The van der Waals surface area contributed by atoms with Gasteiger partial charge in [-0.05, 0) is 31.9 Å². The second kappa shape index (κ2) is 7.11. The first-order chi connectivity index (χ1) is 10.2. The van der Waals surface area contributed by atoms with E-state index in [1.807, 2.05) is 37.3 Å². The quantitative estimate of drug-likeness (QED) is 0.859. The number of benzene rings is 1. The van der Waals surface area contributed by atoms with Crippen LogP contribution in [-0.2, 0) is 9.53 Å². The highest BCUT2D eigenvalue weighted by atomic mass is 16.5. The Morgan fingerprint density at radius 1 is 1.33 bits per heavy atom. The molecule has 1 fully saturated rings. The maximum atomic E-state index is 12.7. The number of carbonyl (C=O) groups is 2. The first kappa shape index (κ1) is 15.4. The number of ether oxygens (including phenoxy) is 1. The fourth-order valence-corrected chi connectivity index (χ4v) is 2.77. The highest BCUT2D eigenvalue weighted by molar-refractivity contribution is 5.95. The maximum absolute atomic E-state index is 12.7. The lowest BCUT2D eigenvalue weighted by Crippen LogP contribution is -2.46. The van der Waals surface area contributed by atoms with Gasteiger partial charge in [0.05, 0.1) is 13.0 Å². The molecule has 1 aromatic rings. The SMILES string of the molecule is CCN(C(=O)C1CCCN(C(=O)OC)C1)c1ccccc1. The Balaban J connectivity index is 2.09. The van der Waals surface area contributed by atoms with E-state index in [-0.39, 0.29) is 17.9 Å². The Morgan fingerprint density at radius 2 is 2.05 bits per heavy atom. The average Bonchev–Trinajstić information content (AvgIpc) is 2.55. The zero-order valence-electron chi connectivity index (χ0n) is 12.6. The Labute approximate surface area is 125 Å². The van der Waals surface area contributed by atoms with Gasteiger partial charge < -0.3 is 14.5 Å². The molecule has 1 heterocycles. The van der Waals surface area contributed by atoms with Crippen LogP contribution in [0.15, 0.2) is 30.3 Å². The first-order valence-corrected chi connectivity index (χ1v) is 7.36. The van der Waals surface area contributed by atoms with Crippen molar-refractivity contribution in [3.63, 3.8) is 0 Å². The van der Waals surface area contributed by atoms with Gasteiger partial charge >= 0.3 is 6.09 Å². The van der Waals surface area contributed by atoms with Gasteiger partial charge in [0, 0.05) is 25.3 Å². The van der Waals surface area contributed by atoms with E-state index in [0.29, 0.717) is 19.6 Å². The van der Waals surface area contributed by atoms with Crippen molar-refractivity contribution in [2.45, 2.75) is 19.8 Å². The number of para-hydroxylation sites is 1. The average molecular weight is 290 g/mol. The summed E-state index contributed by atoms with van der Waals surface area (Å²) in [6, 6.07) is 9.64. The minimum absolute atomic E-state index is 0.0808. The van der Waals surface area contributed by atoms with Crippen LogP contribution in [0.5, 0.6) is 0 Å². The minimum atomic E-state index is -0.352. The Kier molecular flexibility index (Phi) is 5.20. The number of methoxy groups -OCH3 is 1. The van der Waals surface area contributed by atoms with E-state index in [0.717, 1.165) is 18.5 Å². The fourth-order valence-electron chi connectivity index (χ4n) is 2.77. The molecule has 1 aromatic carbocycles. The molecule has 21 heavy (non-hydrogen) atoms. The van der Waals surface area contributed by atoms with Gasteiger partial charge in [-0.3, -0.25) is 4.79 Å². The number of nitrogens with zero attached hydrogens (tertiary/aromatic N) is 2. The van der Waals surface area contributed by atoms with Crippen molar-refractivity contribution in [2.24, 2.45) is 5.92 Å². The van der Waals surface area contributed by atoms with E-state index in [9.17, 15) is 9.59 Å². The predicted molar refractivity (Wildman–Crippen MR) is 81.2 cm³/mol. The van der Waals surface area contributed by atoms with Crippen LogP contribution in [0.25, 0.3) is 0 Å². The molecule has 1 aliphatic rings. The summed E-state index contributed by atoms with van der Waals surface area (Å²) < 4.78 is 4.75. The zero-order valence-corrected chi connectivity index (χ0v) is 12.6. The minimum Gasteiger partial charge on any atom is -0.453 e. The molecule has 0 bridgehead atoms. The van der Waals surface area contributed by atoms with E-state index in [2.05, 4.69) is 0 Å². The Bertz CT molecular complexity index is 490. The van der Waals surface area contributed by atoms with Crippen LogP contribution in [0.2, 0.25) is 0 Å². The monoisotopic (exact) mass is 290 g/mol. The van der Waals surface area contributed by atoms with Gasteiger partial charge in [-0.1, -0.05) is 18.2 Å². The molecule has 1 aliphatic heterocycles. The van der Waals surface area contributed by atoms with E-state index < -0.39 is 0 Å². The highest BCUT2D eigenvalue weighted by Crippen LogP contribution is 2.23. The van der Waals surface area contributed by atoms with Gasteiger partial charge in [0.2, 0.25) is 5.91 Å². The molecule has 1 unspecified atom stereocenters. The number of carbonyl (C=O) groups excluding carboxylic acids is 2. The Hall–Kier alpha value is -2.04. The van der Waals surface area contributed by atoms with Gasteiger partial charge in [0.1, 0.15) is 0 Å². The molecule has 0 spiro atoms. The topological polar surface area (TPSA) is 49.9 Å². The standard InChI is InChI=1S/C16H22N2O3/c1-3-18(14-9-5-4-6-10-14)15(19)13-8-7-11-17(12-13)16(20)21-2/h4-6,9-10,13H,3,7-8,11-12H2,1-2H3. The highest BCUT2D eigenvalue weighted by Gasteiger charge is 2.31. The normalized spacial score (nSPS) is 18.2. The predicted octanol–water partition coefficient (Wildman–Crippen LogP) is 2.52. The van der Waals surface area contributed by atoms with E-state index in [4.69, 9.17) is 4.74 Å². The molecule has 0 aromatic heterocycles. The summed E-state index contributed by atoms with van der Waals surface area (Å²) in [7, 11) is 1.37. The van der Waals surface area contributed by atoms with Crippen molar-refractivity contribution in [1.82, 2.24) is 4.90 Å². The van der Waals surface area contributed by atoms with E-state index in [1.165, 1.54) is 7.11 Å². The van der Waals surface area contributed by atoms with Crippen molar-refractivity contribution in [3.8, 4) is 0 Å². The molecule has 2 rings (SSSR count). The Morgan fingerprint density at radius 3 is 2.67 bits per heavy atom. The molecule has 0 saturated carbocycles. The number of anilines is 1. The summed E-state index contributed by atoms with van der Waals surface area (Å²) in [5.41, 5.74) is 0.903. The second-order valence-electron chi connectivity index (χ2n) is 5.17. The molecule has 0 N–H and O–H groups in total. The number of rotatable bonds is 3. The van der Waals surface area contributed by atoms with Crippen molar-refractivity contribution >= 4 is 17.7 Å². The lowest BCUT2D eigenvalue weighted by Gasteiger charge is -2.34. The fraction of sp³-hybridized carbons (Fsp3) is 0.500. The molecule has 1 atom stereocenters. The van der Waals surface area contributed by atoms with Crippen LogP contribution in [0, 0.1) is 5.92 Å². The largest absolute Gasteiger partial charge is 0.453 e. The van der Waals surface area contributed by atoms with Crippen molar-refractivity contribution in [3.05, 3.63) is 30.3 Å². The van der Waals surface area contributed by atoms with Crippen LogP contribution in [0.4, 0.5) is 10.5 Å². The summed E-state index contributed by atoms with van der Waals surface area (Å²) in [6.07, 6.45) is 1.29. The number of hydrogen-bond donors (Lipinski definition) is 0. The van der Waals surface area contributed by atoms with Crippen molar-refractivity contribution in [1.29, 1.82) is 0 Å². The van der Waals surface area contributed by atoms with Crippen LogP contribution in [0.3, 0.4) is 0 Å². The molecule has 5 nitrogen and oxygen atoms in total. The van der Waals surface area contributed by atoms with E-state index >= 15 is 0 Å². The number of hydrogen-bond acceptors (Lipinski definition) is 3. The summed E-state index contributed by atoms with van der Waals surface area (Å²) in [4.78, 5) is 27.8. The van der Waals surface area contributed by atoms with Gasteiger partial charge in [-0.25, -0.2) is 4.79 Å². The molecule has 5 heteroatoms. The summed E-state index contributed by atoms with van der Waals surface area (Å²) in [5, 5.41) is 0. The summed E-state index contributed by atoms with van der Waals surface area (Å²) in [6.45, 7) is 3.69. The van der Waals surface area contributed by atoms with Gasteiger partial charge in [-0.2, -0.15) is 0 Å². The lowest BCUT2D eigenvalue weighted by atomic mass is 9.96. The third-order valence-electron chi connectivity index (χ3n) is 3.85. The van der Waals surface area contributed by atoms with Crippen molar-refractivity contribution in [2.75, 3.05) is 31.6 Å². The van der Waals surface area contributed by atoms with Crippen LogP contribution in [-0.4, -0.2) is 43.6 Å². The number of amides is 2. The molecule has 0 aliphatic carbocycles. The van der Waals surface area contributed by atoms with Gasteiger partial charge in [0.25, 0.3) is 0 Å². The third-order valence-corrected chi connectivity index (χ3v) is 3.85. The maximum Gasteiger partial charge on any atom is 0.409 e. The lowest BCUT2D eigenvalue weighted by molar-refractivity contribution is -0.123. The van der Waals surface area contributed by atoms with Crippen LogP contribution in [0.1, 0.15) is 19.8 Å². The summed E-state index contributed by atoms with van der Waals surface area (Å²) in [5.74, 6) is -0.0738. The van der Waals surface area contributed by atoms with Crippen molar-refractivity contribution < 1.29 is 14.3 Å². The molecular formula is C16H22N2O3. The summed E-state index contributed by atoms with van der Waals surface area (Å²) >= 11 is 0. The molecule has 1 saturated heterocycles. The second-order valence-corrected chi connectivity index (χ2v) is 5.17. The van der Waals surface area contributed by atoms with Gasteiger partial charge in [-0.15, -0.1) is 0 Å². The van der Waals surface area contributed by atoms with E-state index in [1.54, 1.807) is 9.80 Å². The molecular weight excluding hydrogens is 268 g/mol. The van der Waals surface area contributed by atoms with Crippen LogP contribution >= 0.6 is 0 Å². The molecule has 2 amide bonds. The number of likely N-dealkylation sites (tertiary alicyclic amines) is 1.